The first kappa shape index (κ1) is 14.1. The molecule has 0 heterocycles. The van der Waals surface area contributed by atoms with Crippen LogP contribution in [0.2, 0.25) is 0 Å². The lowest BCUT2D eigenvalue weighted by Crippen LogP contribution is -2.44. The standard InChI is InChI=1S/C16H24N2O/c1-11-7-8-13(9-12(11)2)16(19)18-15-6-4-3-5-14(15)10-17/h7-9,14-15H,3-6,10,17H2,1-2H3,(H,18,19). The Morgan fingerprint density at radius 2 is 2.00 bits per heavy atom. The first-order valence-corrected chi connectivity index (χ1v) is 7.20. The molecule has 2 rings (SSSR count). The van der Waals surface area contributed by atoms with Crippen molar-refractivity contribution in [2.75, 3.05) is 6.54 Å². The molecule has 2 atom stereocenters. The minimum Gasteiger partial charge on any atom is -0.349 e. The fourth-order valence-electron chi connectivity index (χ4n) is 2.81. The van der Waals surface area contributed by atoms with E-state index in [9.17, 15) is 4.79 Å². The van der Waals surface area contributed by atoms with Crippen LogP contribution in [-0.2, 0) is 0 Å². The normalized spacial score (nSPS) is 23.1. The van der Waals surface area contributed by atoms with Crippen molar-refractivity contribution in [2.24, 2.45) is 11.7 Å². The molecule has 0 saturated heterocycles. The summed E-state index contributed by atoms with van der Waals surface area (Å²) in [6.07, 6.45) is 4.61. The SMILES string of the molecule is Cc1ccc(C(=O)NC2CCCCC2CN)cc1C. The Hall–Kier alpha value is -1.35. The Labute approximate surface area is 115 Å². The molecular weight excluding hydrogens is 236 g/mol. The van der Waals surface area contributed by atoms with Gasteiger partial charge in [-0.15, -0.1) is 0 Å². The number of carbonyl (C=O) groups is 1. The monoisotopic (exact) mass is 260 g/mol. The number of aryl methyl sites for hydroxylation is 2. The molecule has 0 bridgehead atoms. The van der Waals surface area contributed by atoms with Crippen molar-refractivity contribution in [3.8, 4) is 0 Å². The number of benzene rings is 1. The summed E-state index contributed by atoms with van der Waals surface area (Å²) in [5.41, 5.74) is 8.93. The van der Waals surface area contributed by atoms with Crippen molar-refractivity contribution in [3.63, 3.8) is 0 Å². The zero-order chi connectivity index (χ0) is 13.8. The molecule has 3 nitrogen and oxygen atoms in total. The fraction of sp³-hybridized carbons (Fsp3) is 0.562. The van der Waals surface area contributed by atoms with Gasteiger partial charge in [-0.1, -0.05) is 18.9 Å². The van der Waals surface area contributed by atoms with Gasteiger partial charge in [0.15, 0.2) is 0 Å². The van der Waals surface area contributed by atoms with E-state index < -0.39 is 0 Å². The third-order valence-corrected chi connectivity index (χ3v) is 4.30. The lowest BCUT2D eigenvalue weighted by molar-refractivity contribution is 0.0908. The predicted molar refractivity (Wildman–Crippen MR) is 78.2 cm³/mol. The molecule has 19 heavy (non-hydrogen) atoms. The van der Waals surface area contributed by atoms with Crippen LogP contribution in [0.3, 0.4) is 0 Å². The van der Waals surface area contributed by atoms with Crippen LogP contribution in [0.25, 0.3) is 0 Å². The second-order valence-corrected chi connectivity index (χ2v) is 5.66. The second kappa shape index (κ2) is 6.20. The van der Waals surface area contributed by atoms with E-state index in [1.165, 1.54) is 18.4 Å². The summed E-state index contributed by atoms with van der Waals surface area (Å²) in [4.78, 5) is 12.3. The van der Waals surface area contributed by atoms with E-state index in [0.717, 1.165) is 24.0 Å². The summed E-state index contributed by atoms with van der Waals surface area (Å²) < 4.78 is 0. The summed E-state index contributed by atoms with van der Waals surface area (Å²) in [6, 6.07) is 6.11. The van der Waals surface area contributed by atoms with Gasteiger partial charge >= 0.3 is 0 Å². The zero-order valence-corrected chi connectivity index (χ0v) is 11.9. The average Bonchev–Trinajstić information content (AvgIpc) is 2.42. The molecule has 3 N–H and O–H groups in total. The van der Waals surface area contributed by atoms with E-state index in [4.69, 9.17) is 5.73 Å². The molecule has 0 spiro atoms. The van der Waals surface area contributed by atoms with E-state index in [1.54, 1.807) is 0 Å². The highest BCUT2D eigenvalue weighted by molar-refractivity contribution is 5.94. The van der Waals surface area contributed by atoms with Crippen molar-refractivity contribution in [2.45, 2.75) is 45.6 Å². The first-order chi connectivity index (χ1) is 9.11. The quantitative estimate of drug-likeness (QED) is 0.877. The van der Waals surface area contributed by atoms with Gasteiger partial charge in [0.05, 0.1) is 0 Å². The number of nitrogens with one attached hydrogen (secondary N) is 1. The molecule has 0 aromatic heterocycles. The van der Waals surface area contributed by atoms with Gasteiger partial charge in [-0.2, -0.15) is 0 Å². The number of carbonyl (C=O) groups excluding carboxylic acids is 1. The molecule has 1 saturated carbocycles. The van der Waals surface area contributed by atoms with Crippen molar-refractivity contribution >= 4 is 5.91 Å². The maximum absolute atomic E-state index is 12.3. The van der Waals surface area contributed by atoms with Crippen LogP contribution in [0.15, 0.2) is 18.2 Å². The highest BCUT2D eigenvalue weighted by atomic mass is 16.1. The Balaban J connectivity index is 2.05. The van der Waals surface area contributed by atoms with Crippen LogP contribution in [-0.4, -0.2) is 18.5 Å². The van der Waals surface area contributed by atoms with E-state index in [1.807, 2.05) is 25.1 Å². The van der Waals surface area contributed by atoms with Crippen molar-refractivity contribution < 1.29 is 4.79 Å². The number of amides is 1. The van der Waals surface area contributed by atoms with Gasteiger partial charge in [-0.05, 0) is 62.4 Å². The minimum atomic E-state index is 0.0356. The Bertz CT molecular complexity index is 456. The summed E-state index contributed by atoms with van der Waals surface area (Å²) in [5.74, 6) is 0.470. The second-order valence-electron chi connectivity index (χ2n) is 5.66. The van der Waals surface area contributed by atoms with Crippen molar-refractivity contribution in [3.05, 3.63) is 34.9 Å². The van der Waals surface area contributed by atoms with Gasteiger partial charge in [-0.3, -0.25) is 4.79 Å². The molecular formula is C16H24N2O. The third kappa shape index (κ3) is 3.35. The molecule has 0 aliphatic heterocycles. The molecule has 3 heteroatoms. The third-order valence-electron chi connectivity index (χ3n) is 4.30. The van der Waals surface area contributed by atoms with E-state index in [-0.39, 0.29) is 11.9 Å². The average molecular weight is 260 g/mol. The molecule has 1 aliphatic carbocycles. The highest BCUT2D eigenvalue weighted by Crippen LogP contribution is 2.24. The molecule has 1 aromatic rings. The summed E-state index contributed by atoms with van der Waals surface area (Å²) >= 11 is 0. The van der Waals surface area contributed by atoms with E-state index >= 15 is 0 Å². The Kier molecular flexibility index (Phi) is 4.59. The molecule has 104 valence electrons. The largest absolute Gasteiger partial charge is 0.349 e. The first-order valence-electron chi connectivity index (χ1n) is 7.20. The fourth-order valence-corrected chi connectivity index (χ4v) is 2.81. The zero-order valence-electron chi connectivity index (χ0n) is 11.9. The van der Waals surface area contributed by atoms with Gasteiger partial charge in [0.25, 0.3) is 5.91 Å². The van der Waals surface area contributed by atoms with Gasteiger partial charge in [0.2, 0.25) is 0 Å². The van der Waals surface area contributed by atoms with Crippen molar-refractivity contribution in [1.82, 2.24) is 5.32 Å². The lowest BCUT2D eigenvalue weighted by Gasteiger charge is -2.31. The predicted octanol–water partition coefficient (Wildman–Crippen LogP) is 2.55. The topological polar surface area (TPSA) is 55.1 Å². The Morgan fingerprint density at radius 1 is 1.26 bits per heavy atom. The van der Waals surface area contributed by atoms with Gasteiger partial charge < -0.3 is 11.1 Å². The van der Waals surface area contributed by atoms with Crippen LogP contribution in [0.5, 0.6) is 0 Å². The smallest absolute Gasteiger partial charge is 0.251 e. The maximum Gasteiger partial charge on any atom is 0.251 e. The van der Waals surface area contributed by atoms with E-state index in [0.29, 0.717) is 12.5 Å². The van der Waals surface area contributed by atoms with Crippen LogP contribution in [0.1, 0.15) is 47.2 Å². The summed E-state index contributed by atoms with van der Waals surface area (Å²) in [7, 11) is 0. The number of rotatable bonds is 3. The van der Waals surface area contributed by atoms with Gasteiger partial charge in [0, 0.05) is 11.6 Å². The Morgan fingerprint density at radius 3 is 2.68 bits per heavy atom. The maximum atomic E-state index is 12.3. The molecule has 1 aromatic carbocycles. The van der Waals surface area contributed by atoms with Crippen LogP contribution >= 0.6 is 0 Å². The number of hydrogen-bond acceptors (Lipinski definition) is 2. The molecule has 1 amide bonds. The molecule has 1 fully saturated rings. The highest BCUT2D eigenvalue weighted by Gasteiger charge is 2.25. The van der Waals surface area contributed by atoms with Crippen LogP contribution < -0.4 is 11.1 Å². The minimum absolute atomic E-state index is 0.0356. The number of nitrogens with two attached hydrogens (primary N) is 1. The van der Waals surface area contributed by atoms with Crippen LogP contribution in [0, 0.1) is 19.8 Å². The summed E-state index contributed by atoms with van der Waals surface area (Å²) in [6.45, 7) is 4.76. The van der Waals surface area contributed by atoms with Crippen molar-refractivity contribution in [1.29, 1.82) is 0 Å². The molecule has 2 unspecified atom stereocenters. The van der Waals surface area contributed by atoms with E-state index in [2.05, 4.69) is 12.2 Å². The van der Waals surface area contributed by atoms with Crippen LogP contribution in [0.4, 0.5) is 0 Å². The van der Waals surface area contributed by atoms with Gasteiger partial charge in [0.1, 0.15) is 0 Å². The number of hydrogen-bond donors (Lipinski definition) is 2. The lowest BCUT2D eigenvalue weighted by atomic mass is 9.84. The summed E-state index contributed by atoms with van der Waals surface area (Å²) in [5, 5.41) is 3.16. The molecule has 0 radical (unpaired) electrons. The van der Waals surface area contributed by atoms with Gasteiger partial charge in [-0.25, -0.2) is 0 Å². The molecule has 1 aliphatic rings.